The molecule has 1 saturated heterocycles. The molecule has 1 aliphatic rings. The summed E-state index contributed by atoms with van der Waals surface area (Å²) < 4.78 is 33.8. The van der Waals surface area contributed by atoms with Gasteiger partial charge in [-0.05, 0) is 25.5 Å². The number of carbonyl (C=O) groups is 2. The number of aromatic nitrogens is 1. The number of carbonyl (C=O) groups excluding carboxylic acids is 2. The lowest BCUT2D eigenvalue weighted by atomic mass is 10.2. The molecule has 0 bridgehead atoms. The van der Waals surface area contributed by atoms with Crippen LogP contribution in [0.15, 0.2) is 33.9 Å². The predicted molar refractivity (Wildman–Crippen MR) is 100 cm³/mol. The number of thioether (sulfide) groups is 1. The summed E-state index contributed by atoms with van der Waals surface area (Å²) in [6, 6.07) is 6.88. The summed E-state index contributed by atoms with van der Waals surface area (Å²) in [5.74, 6) is -1.02. The van der Waals surface area contributed by atoms with Gasteiger partial charge in [-0.2, -0.15) is 0 Å². The van der Waals surface area contributed by atoms with Crippen molar-refractivity contribution in [1.82, 2.24) is 9.88 Å². The molecule has 146 valence electrons. The molecule has 0 radical (unpaired) electrons. The van der Waals surface area contributed by atoms with Crippen LogP contribution in [-0.4, -0.2) is 66.6 Å². The molecule has 1 aromatic carbocycles. The molecule has 0 aliphatic carbocycles. The molecule has 0 spiro atoms. The number of benzene rings is 1. The zero-order valence-electron chi connectivity index (χ0n) is 15.0. The molecule has 2 heterocycles. The molecular formula is C17H20N2O6S2. The van der Waals surface area contributed by atoms with E-state index in [9.17, 15) is 18.0 Å². The maximum absolute atomic E-state index is 12.4. The molecule has 1 aromatic heterocycles. The van der Waals surface area contributed by atoms with E-state index in [4.69, 9.17) is 9.15 Å². The Hall–Kier alpha value is -2.07. The van der Waals surface area contributed by atoms with Crippen molar-refractivity contribution >= 4 is 44.6 Å². The summed E-state index contributed by atoms with van der Waals surface area (Å²) >= 11 is 1.08. The molecule has 1 fully saturated rings. The van der Waals surface area contributed by atoms with Gasteiger partial charge in [-0.15, -0.1) is 0 Å². The lowest BCUT2D eigenvalue weighted by Crippen LogP contribution is -2.44. The second kappa shape index (κ2) is 7.89. The van der Waals surface area contributed by atoms with Gasteiger partial charge in [0.25, 0.3) is 11.1 Å². The van der Waals surface area contributed by atoms with Gasteiger partial charge in [-0.1, -0.05) is 23.9 Å². The van der Waals surface area contributed by atoms with Crippen molar-refractivity contribution in [2.45, 2.75) is 30.7 Å². The zero-order chi connectivity index (χ0) is 19.6. The van der Waals surface area contributed by atoms with E-state index in [1.54, 1.807) is 12.1 Å². The van der Waals surface area contributed by atoms with E-state index < -0.39 is 27.8 Å². The van der Waals surface area contributed by atoms with Crippen LogP contribution >= 0.6 is 11.8 Å². The van der Waals surface area contributed by atoms with Gasteiger partial charge in [0.1, 0.15) is 11.3 Å². The Labute approximate surface area is 161 Å². The van der Waals surface area contributed by atoms with E-state index >= 15 is 0 Å². The monoisotopic (exact) mass is 412 g/mol. The van der Waals surface area contributed by atoms with Gasteiger partial charge >= 0.3 is 5.97 Å². The smallest absolute Gasteiger partial charge is 0.317 e. The van der Waals surface area contributed by atoms with Crippen LogP contribution in [0.1, 0.15) is 13.3 Å². The van der Waals surface area contributed by atoms with Crippen molar-refractivity contribution in [3.05, 3.63) is 24.3 Å². The number of hydrogen-bond donors (Lipinski definition) is 0. The molecule has 0 unspecified atom stereocenters. The number of sulfone groups is 1. The van der Waals surface area contributed by atoms with Gasteiger partial charge < -0.3 is 14.1 Å². The number of oxazole rings is 1. The first-order valence-electron chi connectivity index (χ1n) is 8.40. The number of rotatable bonds is 6. The standard InChI is InChI=1S/C17H20N2O6S2/c1-11(16(21)19(2)12-7-8-27(22,23)10-12)24-15(20)9-26-17-18-13-5-3-4-6-14(13)25-17/h3-6,11-12H,7-10H2,1-2H3/t11-,12+/m1/s1. The van der Waals surface area contributed by atoms with Crippen LogP contribution < -0.4 is 0 Å². The third kappa shape index (κ3) is 4.81. The van der Waals surface area contributed by atoms with Crippen LogP contribution in [0.4, 0.5) is 0 Å². The first-order chi connectivity index (χ1) is 12.7. The molecular weight excluding hydrogens is 392 g/mol. The van der Waals surface area contributed by atoms with Gasteiger partial charge in [0.05, 0.1) is 11.5 Å². The van der Waals surface area contributed by atoms with Crippen molar-refractivity contribution < 1.29 is 27.2 Å². The van der Waals surface area contributed by atoms with Gasteiger partial charge in [0, 0.05) is 13.1 Å². The minimum absolute atomic E-state index is 0.0496. The van der Waals surface area contributed by atoms with Crippen molar-refractivity contribution in [1.29, 1.82) is 0 Å². The van der Waals surface area contributed by atoms with Gasteiger partial charge in [-0.3, -0.25) is 9.59 Å². The second-order valence-electron chi connectivity index (χ2n) is 6.37. The topological polar surface area (TPSA) is 107 Å². The number of hydrogen-bond acceptors (Lipinski definition) is 8. The third-order valence-electron chi connectivity index (χ3n) is 4.35. The molecule has 0 saturated carbocycles. The average Bonchev–Trinajstić information content (AvgIpc) is 3.21. The minimum atomic E-state index is -3.10. The molecule has 10 heteroatoms. The number of nitrogens with zero attached hydrogens (tertiary/aromatic N) is 2. The van der Waals surface area contributed by atoms with E-state index in [1.807, 2.05) is 12.1 Å². The van der Waals surface area contributed by atoms with E-state index in [-0.39, 0.29) is 23.3 Å². The van der Waals surface area contributed by atoms with Gasteiger partial charge in [-0.25, -0.2) is 13.4 Å². The summed E-state index contributed by atoms with van der Waals surface area (Å²) in [5.41, 5.74) is 1.33. The summed E-state index contributed by atoms with van der Waals surface area (Å²) in [6.07, 6.45) is -0.589. The summed E-state index contributed by atoms with van der Waals surface area (Å²) in [6.45, 7) is 1.48. The number of fused-ring (bicyclic) bond motifs is 1. The van der Waals surface area contributed by atoms with E-state index in [0.717, 1.165) is 11.8 Å². The lowest BCUT2D eigenvalue weighted by molar-refractivity contribution is -0.157. The van der Waals surface area contributed by atoms with Crippen LogP contribution in [0.2, 0.25) is 0 Å². The van der Waals surface area contributed by atoms with Crippen LogP contribution in [0, 0.1) is 0 Å². The molecule has 3 rings (SSSR count). The van der Waals surface area contributed by atoms with Crippen molar-refractivity contribution in [2.75, 3.05) is 24.3 Å². The molecule has 0 N–H and O–H groups in total. The Balaban J connectivity index is 1.50. The van der Waals surface area contributed by atoms with Gasteiger partial charge in [0.15, 0.2) is 21.5 Å². The number of amides is 1. The molecule has 8 nitrogen and oxygen atoms in total. The van der Waals surface area contributed by atoms with Crippen LogP contribution in [-0.2, 0) is 24.2 Å². The fraction of sp³-hybridized carbons (Fsp3) is 0.471. The Morgan fingerprint density at radius 1 is 1.41 bits per heavy atom. The van der Waals surface area contributed by atoms with E-state index in [0.29, 0.717) is 22.7 Å². The van der Waals surface area contributed by atoms with Crippen molar-refractivity contribution in [3.8, 4) is 0 Å². The highest BCUT2D eigenvalue weighted by molar-refractivity contribution is 7.99. The molecule has 1 aliphatic heterocycles. The zero-order valence-corrected chi connectivity index (χ0v) is 16.6. The van der Waals surface area contributed by atoms with Crippen molar-refractivity contribution in [3.63, 3.8) is 0 Å². The summed E-state index contributed by atoms with van der Waals surface area (Å²) in [5, 5.41) is 0.348. The molecule has 27 heavy (non-hydrogen) atoms. The average molecular weight is 412 g/mol. The van der Waals surface area contributed by atoms with Crippen LogP contribution in [0.3, 0.4) is 0 Å². The van der Waals surface area contributed by atoms with Crippen molar-refractivity contribution in [2.24, 2.45) is 0 Å². The van der Waals surface area contributed by atoms with E-state index in [2.05, 4.69) is 4.98 Å². The fourth-order valence-electron chi connectivity index (χ4n) is 2.86. The number of esters is 1. The molecule has 1 amide bonds. The normalized spacial score (nSPS) is 19.7. The largest absolute Gasteiger partial charge is 0.452 e. The quantitative estimate of drug-likeness (QED) is 0.519. The second-order valence-corrected chi connectivity index (χ2v) is 9.53. The van der Waals surface area contributed by atoms with E-state index in [1.165, 1.54) is 18.9 Å². The highest BCUT2D eigenvalue weighted by atomic mass is 32.2. The molecule has 2 aromatic rings. The SMILES string of the molecule is C[C@@H](OC(=O)CSc1nc2ccccc2o1)C(=O)N(C)[C@H]1CCS(=O)(=O)C1. The highest BCUT2D eigenvalue weighted by Gasteiger charge is 2.34. The Morgan fingerprint density at radius 3 is 2.81 bits per heavy atom. The third-order valence-corrected chi connectivity index (χ3v) is 6.90. The first-order valence-corrected chi connectivity index (χ1v) is 11.2. The first kappa shape index (κ1) is 19.7. The van der Waals surface area contributed by atoms with Crippen LogP contribution in [0.25, 0.3) is 11.1 Å². The minimum Gasteiger partial charge on any atom is -0.452 e. The highest BCUT2D eigenvalue weighted by Crippen LogP contribution is 2.23. The Bertz CT molecular complexity index is 922. The number of para-hydroxylation sites is 2. The maximum Gasteiger partial charge on any atom is 0.317 e. The van der Waals surface area contributed by atoms with Crippen LogP contribution in [0.5, 0.6) is 0 Å². The van der Waals surface area contributed by atoms with Gasteiger partial charge in [0.2, 0.25) is 0 Å². The maximum atomic E-state index is 12.4. The summed E-state index contributed by atoms with van der Waals surface area (Å²) in [4.78, 5) is 30.0. The lowest BCUT2D eigenvalue weighted by Gasteiger charge is -2.26. The predicted octanol–water partition coefficient (Wildman–Crippen LogP) is 1.50. The molecule has 2 atom stereocenters. The number of likely N-dealkylation sites (N-methyl/N-ethyl adjacent to an activating group) is 1. The number of ether oxygens (including phenoxy) is 1. The Kier molecular flexibility index (Phi) is 5.75. The summed E-state index contributed by atoms with van der Waals surface area (Å²) in [7, 11) is -1.56. The Morgan fingerprint density at radius 2 is 2.15 bits per heavy atom. The fourth-order valence-corrected chi connectivity index (χ4v) is 5.26.